The summed E-state index contributed by atoms with van der Waals surface area (Å²) in [5.74, 6) is -2.45. The van der Waals surface area contributed by atoms with Crippen molar-refractivity contribution in [3.63, 3.8) is 0 Å². The van der Waals surface area contributed by atoms with Gasteiger partial charge >= 0.3 is 5.97 Å². The summed E-state index contributed by atoms with van der Waals surface area (Å²) in [6.07, 6.45) is 6.45. The average Bonchev–Trinajstić information content (AvgIpc) is 3.19. The molecular weight excluding hydrogens is 246 g/mol. The van der Waals surface area contributed by atoms with Crippen LogP contribution >= 0.6 is 0 Å². The molecule has 3 aliphatic rings. The van der Waals surface area contributed by atoms with E-state index in [-0.39, 0.29) is 29.6 Å². The molecule has 1 N–H and O–H groups in total. The molecule has 1 saturated heterocycles. The summed E-state index contributed by atoms with van der Waals surface area (Å²) in [6, 6.07) is 0. The Morgan fingerprint density at radius 2 is 1.68 bits per heavy atom. The predicted octanol–water partition coefficient (Wildman–Crippen LogP) is 1.19. The topological polar surface area (TPSA) is 74.7 Å². The van der Waals surface area contributed by atoms with Gasteiger partial charge in [-0.3, -0.25) is 14.5 Å². The molecule has 102 valence electrons. The Labute approximate surface area is 111 Å². The number of carbonyl (C=O) groups excluding carboxylic acids is 2. The van der Waals surface area contributed by atoms with Crippen molar-refractivity contribution in [2.45, 2.75) is 38.1 Å². The first-order valence-electron chi connectivity index (χ1n) is 6.74. The van der Waals surface area contributed by atoms with Crippen molar-refractivity contribution < 1.29 is 19.5 Å². The predicted molar refractivity (Wildman–Crippen MR) is 66.0 cm³/mol. The molecule has 1 saturated carbocycles. The standard InChI is InChI=1S/C14H17NO4/c1-14(13(18)19,8-6-7-8)15-11(16)9-4-2-3-5-10(9)12(15)17/h2-3,8-10H,4-7H2,1H3,(H,18,19). The Morgan fingerprint density at radius 1 is 1.21 bits per heavy atom. The van der Waals surface area contributed by atoms with Gasteiger partial charge in [0.2, 0.25) is 11.8 Å². The van der Waals surface area contributed by atoms with E-state index in [4.69, 9.17) is 0 Å². The van der Waals surface area contributed by atoms with Crippen LogP contribution < -0.4 is 0 Å². The normalized spacial score (nSPS) is 33.2. The van der Waals surface area contributed by atoms with E-state index in [1.54, 1.807) is 0 Å². The van der Waals surface area contributed by atoms with E-state index in [0.29, 0.717) is 12.8 Å². The summed E-state index contributed by atoms with van der Waals surface area (Å²) in [5, 5.41) is 9.51. The molecular formula is C14H17NO4. The van der Waals surface area contributed by atoms with Gasteiger partial charge in [-0.05, 0) is 38.5 Å². The third-order valence-corrected chi connectivity index (χ3v) is 4.78. The van der Waals surface area contributed by atoms with Gasteiger partial charge in [0, 0.05) is 0 Å². The Balaban J connectivity index is 1.99. The van der Waals surface area contributed by atoms with Crippen molar-refractivity contribution in [1.29, 1.82) is 0 Å². The minimum atomic E-state index is -1.36. The molecule has 0 aromatic heterocycles. The molecule has 3 unspecified atom stereocenters. The molecule has 2 amide bonds. The van der Waals surface area contributed by atoms with Crippen LogP contribution in [0.2, 0.25) is 0 Å². The number of imide groups is 1. The van der Waals surface area contributed by atoms with Crippen molar-refractivity contribution in [3.05, 3.63) is 12.2 Å². The molecule has 3 rings (SSSR count). The van der Waals surface area contributed by atoms with Gasteiger partial charge in [-0.2, -0.15) is 0 Å². The zero-order valence-electron chi connectivity index (χ0n) is 10.8. The lowest BCUT2D eigenvalue weighted by Gasteiger charge is -2.34. The largest absolute Gasteiger partial charge is 0.479 e. The summed E-state index contributed by atoms with van der Waals surface area (Å²) >= 11 is 0. The fourth-order valence-corrected chi connectivity index (χ4v) is 3.36. The van der Waals surface area contributed by atoms with E-state index in [1.807, 2.05) is 12.2 Å². The van der Waals surface area contributed by atoms with Gasteiger partial charge in [0.05, 0.1) is 11.8 Å². The van der Waals surface area contributed by atoms with Crippen LogP contribution in [0.1, 0.15) is 32.6 Å². The van der Waals surface area contributed by atoms with E-state index in [0.717, 1.165) is 17.7 Å². The zero-order valence-corrected chi connectivity index (χ0v) is 10.8. The maximum absolute atomic E-state index is 12.4. The number of likely N-dealkylation sites (tertiary alicyclic amines) is 1. The molecule has 3 atom stereocenters. The Morgan fingerprint density at radius 3 is 2.05 bits per heavy atom. The minimum Gasteiger partial charge on any atom is -0.479 e. The second-order valence-electron chi connectivity index (χ2n) is 5.89. The van der Waals surface area contributed by atoms with E-state index < -0.39 is 11.5 Å². The van der Waals surface area contributed by atoms with Crippen LogP contribution in [0.3, 0.4) is 0 Å². The second-order valence-corrected chi connectivity index (χ2v) is 5.89. The highest BCUT2D eigenvalue weighted by Gasteiger charge is 2.61. The lowest BCUT2D eigenvalue weighted by atomic mass is 9.85. The van der Waals surface area contributed by atoms with Crippen LogP contribution in [0.4, 0.5) is 0 Å². The number of carboxylic acid groups (broad SMARTS) is 1. The Hall–Kier alpha value is -1.65. The molecule has 5 nitrogen and oxygen atoms in total. The maximum atomic E-state index is 12.4. The van der Waals surface area contributed by atoms with Crippen molar-refractivity contribution in [2.24, 2.45) is 17.8 Å². The number of rotatable bonds is 3. The molecule has 2 fully saturated rings. The van der Waals surface area contributed by atoms with Crippen molar-refractivity contribution in [2.75, 3.05) is 0 Å². The SMILES string of the molecule is CC(C(=O)O)(C1CC1)N1C(=O)C2CC=CCC2C1=O. The van der Waals surface area contributed by atoms with E-state index in [9.17, 15) is 19.5 Å². The van der Waals surface area contributed by atoms with E-state index >= 15 is 0 Å². The first-order valence-corrected chi connectivity index (χ1v) is 6.74. The van der Waals surface area contributed by atoms with Crippen LogP contribution in [0.5, 0.6) is 0 Å². The molecule has 0 aromatic rings. The number of hydrogen-bond donors (Lipinski definition) is 1. The molecule has 0 spiro atoms. The lowest BCUT2D eigenvalue weighted by Crippen LogP contribution is -2.57. The highest BCUT2D eigenvalue weighted by Crippen LogP contribution is 2.48. The molecule has 5 heteroatoms. The summed E-state index contributed by atoms with van der Waals surface area (Å²) < 4.78 is 0. The van der Waals surface area contributed by atoms with Crippen LogP contribution in [0.25, 0.3) is 0 Å². The number of fused-ring (bicyclic) bond motifs is 1. The van der Waals surface area contributed by atoms with Gasteiger partial charge in [-0.15, -0.1) is 0 Å². The number of nitrogens with zero attached hydrogens (tertiary/aromatic N) is 1. The van der Waals surface area contributed by atoms with Gasteiger partial charge in [-0.1, -0.05) is 12.2 Å². The molecule has 0 bridgehead atoms. The van der Waals surface area contributed by atoms with Crippen molar-refractivity contribution in [3.8, 4) is 0 Å². The van der Waals surface area contributed by atoms with Gasteiger partial charge in [-0.25, -0.2) is 4.79 Å². The van der Waals surface area contributed by atoms with Crippen molar-refractivity contribution in [1.82, 2.24) is 4.90 Å². The summed E-state index contributed by atoms with van der Waals surface area (Å²) in [4.78, 5) is 37.6. The second kappa shape index (κ2) is 3.92. The fourth-order valence-electron chi connectivity index (χ4n) is 3.36. The Kier molecular flexibility index (Phi) is 2.56. The third-order valence-electron chi connectivity index (χ3n) is 4.78. The van der Waals surface area contributed by atoms with Crippen LogP contribution in [-0.4, -0.2) is 33.3 Å². The van der Waals surface area contributed by atoms with Gasteiger partial charge in [0.15, 0.2) is 0 Å². The quantitative estimate of drug-likeness (QED) is 0.613. The number of amides is 2. The molecule has 2 aliphatic carbocycles. The smallest absolute Gasteiger partial charge is 0.330 e. The third kappa shape index (κ3) is 1.57. The fraction of sp³-hybridized carbons (Fsp3) is 0.643. The number of allylic oxidation sites excluding steroid dienone is 2. The summed E-state index contributed by atoms with van der Waals surface area (Å²) in [7, 11) is 0. The van der Waals surface area contributed by atoms with Crippen LogP contribution in [-0.2, 0) is 14.4 Å². The van der Waals surface area contributed by atoms with E-state index in [2.05, 4.69) is 0 Å². The number of hydrogen-bond acceptors (Lipinski definition) is 3. The van der Waals surface area contributed by atoms with Crippen LogP contribution in [0.15, 0.2) is 12.2 Å². The van der Waals surface area contributed by atoms with Gasteiger partial charge < -0.3 is 5.11 Å². The van der Waals surface area contributed by atoms with Crippen molar-refractivity contribution >= 4 is 17.8 Å². The number of carbonyl (C=O) groups is 3. The maximum Gasteiger partial charge on any atom is 0.330 e. The van der Waals surface area contributed by atoms with Gasteiger partial charge in [0.25, 0.3) is 0 Å². The number of carboxylic acids is 1. The molecule has 1 aliphatic heterocycles. The summed E-state index contributed by atoms with van der Waals surface area (Å²) in [5.41, 5.74) is -1.36. The van der Waals surface area contributed by atoms with Gasteiger partial charge in [0.1, 0.15) is 5.54 Å². The minimum absolute atomic E-state index is 0.0917. The highest BCUT2D eigenvalue weighted by molar-refractivity contribution is 6.09. The highest BCUT2D eigenvalue weighted by atomic mass is 16.4. The molecule has 0 radical (unpaired) electrons. The molecule has 19 heavy (non-hydrogen) atoms. The molecule has 0 aromatic carbocycles. The van der Waals surface area contributed by atoms with Crippen LogP contribution in [0, 0.1) is 17.8 Å². The first kappa shape index (κ1) is 12.4. The summed E-state index contributed by atoms with van der Waals surface area (Å²) in [6.45, 7) is 1.52. The monoisotopic (exact) mass is 263 g/mol. The lowest BCUT2D eigenvalue weighted by molar-refractivity contribution is -0.164. The Bertz CT molecular complexity index is 468. The number of aliphatic carboxylic acids is 1. The zero-order chi connectivity index (χ0) is 13.8. The molecule has 1 heterocycles. The average molecular weight is 263 g/mol. The first-order chi connectivity index (χ1) is 8.98. The van der Waals surface area contributed by atoms with E-state index in [1.165, 1.54) is 6.92 Å².